The Hall–Kier alpha value is -1.39. The maximum Gasteiger partial charge on any atom is 0.225 e. The predicted octanol–water partition coefficient (Wildman–Crippen LogP) is 1.24. The molecule has 2 fully saturated rings. The summed E-state index contributed by atoms with van der Waals surface area (Å²) in [6, 6.07) is 8.48. The maximum atomic E-state index is 12.5. The molecule has 3 N–H and O–H groups in total. The summed E-state index contributed by atoms with van der Waals surface area (Å²) in [5.41, 5.74) is 8.61. The molecule has 0 aromatic heterocycles. The minimum atomic E-state index is -0.0954. The summed E-state index contributed by atoms with van der Waals surface area (Å²) in [6.45, 7) is 5.50. The van der Waals surface area contributed by atoms with Gasteiger partial charge in [0.1, 0.15) is 0 Å². The first-order valence-corrected chi connectivity index (χ1v) is 7.96. The lowest BCUT2D eigenvalue weighted by atomic mass is 9.95. The average molecular weight is 287 g/mol. The van der Waals surface area contributed by atoms with Crippen molar-refractivity contribution in [2.45, 2.75) is 31.7 Å². The van der Waals surface area contributed by atoms with E-state index in [1.165, 1.54) is 11.1 Å². The van der Waals surface area contributed by atoms with Crippen LogP contribution in [-0.4, -0.2) is 37.0 Å². The van der Waals surface area contributed by atoms with Crippen molar-refractivity contribution in [1.29, 1.82) is 0 Å². The van der Waals surface area contributed by atoms with E-state index in [0.717, 1.165) is 45.4 Å². The van der Waals surface area contributed by atoms with E-state index in [1.807, 2.05) is 11.8 Å². The lowest BCUT2D eigenvalue weighted by Crippen LogP contribution is -2.48. The first kappa shape index (κ1) is 14.5. The van der Waals surface area contributed by atoms with Crippen molar-refractivity contribution >= 4 is 5.91 Å². The number of nitrogens with one attached hydrogen (secondary N) is 1. The molecule has 4 heteroatoms. The van der Waals surface area contributed by atoms with Gasteiger partial charge in [-0.1, -0.05) is 31.2 Å². The Bertz CT molecular complexity index is 519. The zero-order chi connectivity index (χ0) is 14.9. The smallest absolute Gasteiger partial charge is 0.225 e. The van der Waals surface area contributed by atoms with Crippen molar-refractivity contribution in [1.82, 2.24) is 10.2 Å². The SMILES string of the molecule is CC(Cc1cccc(C2(N)CC2)c1)C(=O)N1CCNCC1. The van der Waals surface area contributed by atoms with Gasteiger partial charge in [0.05, 0.1) is 0 Å². The van der Waals surface area contributed by atoms with Crippen LogP contribution in [0.25, 0.3) is 0 Å². The number of nitrogens with zero attached hydrogens (tertiary/aromatic N) is 1. The van der Waals surface area contributed by atoms with Gasteiger partial charge in [0, 0.05) is 37.6 Å². The van der Waals surface area contributed by atoms with Crippen LogP contribution in [0.15, 0.2) is 24.3 Å². The number of amides is 1. The fourth-order valence-corrected chi connectivity index (χ4v) is 3.07. The summed E-state index contributed by atoms with van der Waals surface area (Å²) in [4.78, 5) is 14.5. The van der Waals surface area contributed by atoms with Crippen molar-refractivity contribution in [3.63, 3.8) is 0 Å². The lowest BCUT2D eigenvalue weighted by molar-refractivity contribution is -0.135. The zero-order valence-corrected chi connectivity index (χ0v) is 12.8. The van der Waals surface area contributed by atoms with E-state index < -0.39 is 0 Å². The molecule has 3 rings (SSSR count). The number of nitrogens with two attached hydrogens (primary N) is 1. The highest BCUT2D eigenvalue weighted by Crippen LogP contribution is 2.42. The van der Waals surface area contributed by atoms with Crippen molar-refractivity contribution in [3.8, 4) is 0 Å². The van der Waals surface area contributed by atoms with Gasteiger partial charge in [-0.3, -0.25) is 4.79 Å². The largest absolute Gasteiger partial charge is 0.340 e. The van der Waals surface area contributed by atoms with Gasteiger partial charge in [-0.2, -0.15) is 0 Å². The van der Waals surface area contributed by atoms with E-state index in [2.05, 4.69) is 29.6 Å². The second-order valence-electron chi connectivity index (χ2n) is 6.54. The summed E-state index contributed by atoms with van der Waals surface area (Å²) in [5, 5.41) is 3.28. The van der Waals surface area contributed by atoms with Crippen LogP contribution >= 0.6 is 0 Å². The van der Waals surface area contributed by atoms with Crippen LogP contribution in [-0.2, 0) is 16.8 Å². The monoisotopic (exact) mass is 287 g/mol. The first-order chi connectivity index (χ1) is 10.1. The van der Waals surface area contributed by atoms with E-state index >= 15 is 0 Å². The second kappa shape index (κ2) is 5.78. The topological polar surface area (TPSA) is 58.4 Å². The van der Waals surface area contributed by atoms with Crippen LogP contribution in [0.2, 0.25) is 0 Å². The molecule has 1 atom stereocenters. The third-order valence-corrected chi connectivity index (χ3v) is 4.68. The third-order valence-electron chi connectivity index (χ3n) is 4.68. The van der Waals surface area contributed by atoms with Gasteiger partial charge >= 0.3 is 0 Å². The Labute approximate surface area is 126 Å². The Morgan fingerprint density at radius 3 is 2.76 bits per heavy atom. The van der Waals surface area contributed by atoms with Crippen LogP contribution in [0.4, 0.5) is 0 Å². The van der Waals surface area contributed by atoms with Crippen LogP contribution in [0.5, 0.6) is 0 Å². The highest BCUT2D eigenvalue weighted by molar-refractivity contribution is 5.79. The molecule has 0 bridgehead atoms. The summed E-state index contributed by atoms with van der Waals surface area (Å²) in [7, 11) is 0. The summed E-state index contributed by atoms with van der Waals surface area (Å²) in [6.07, 6.45) is 2.95. The molecule has 1 saturated carbocycles. The minimum absolute atomic E-state index is 0.0336. The predicted molar refractivity (Wildman–Crippen MR) is 83.9 cm³/mol. The molecule has 4 nitrogen and oxygen atoms in total. The van der Waals surface area contributed by atoms with Gasteiger partial charge in [0.25, 0.3) is 0 Å². The second-order valence-corrected chi connectivity index (χ2v) is 6.54. The number of carbonyl (C=O) groups is 1. The summed E-state index contributed by atoms with van der Waals surface area (Å²) in [5.74, 6) is 0.307. The molecular formula is C17H25N3O. The van der Waals surface area contributed by atoms with Crippen molar-refractivity contribution < 1.29 is 4.79 Å². The lowest BCUT2D eigenvalue weighted by Gasteiger charge is -2.30. The third kappa shape index (κ3) is 3.27. The fourth-order valence-electron chi connectivity index (χ4n) is 3.07. The molecule has 1 aliphatic carbocycles. The molecule has 1 aromatic carbocycles. The van der Waals surface area contributed by atoms with E-state index in [4.69, 9.17) is 5.73 Å². The Morgan fingerprint density at radius 2 is 2.10 bits per heavy atom. The van der Waals surface area contributed by atoms with Crippen LogP contribution < -0.4 is 11.1 Å². The molecule has 1 aliphatic heterocycles. The van der Waals surface area contributed by atoms with Gasteiger partial charge in [-0.25, -0.2) is 0 Å². The molecule has 1 amide bonds. The van der Waals surface area contributed by atoms with Gasteiger partial charge in [-0.05, 0) is 30.4 Å². The van der Waals surface area contributed by atoms with Gasteiger partial charge in [0.2, 0.25) is 5.91 Å². The first-order valence-electron chi connectivity index (χ1n) is 7.96. The van der Waals surface area contributed by atoms with Gasteiger partial charge in [-0.15, -0.1) is 0 Å². The number of hydrogen-bond acceptors (Lipinski definition) is 3. The Balaban J connectivity index is 1.64. The fraction of sp³-hybridized carbons (Fsp3) is 0.588. The number of hydrogen-bond donors (Lipinski definition) is 2. The molecule has 1 aromatic rings. The quantitative estimate of drug-likeness (QED) is 0.876. The van der Waals surface area contributed by atoms with Crippen molar-refractivity contribution in [2.75, 3.05) is 26.2 Å². The minimum Gasteiger partial charge on any atom is -0.340 e. The van der Waals surface area contributed by atoms with E-state index in [1.54, 1.807) is 0 Å². The molecule has 21 heavy (non-hydrogen) atoms. The Morgan fingerprint density at radius 1 is 1.38 bits per heavy atom. The number of piperazine rings is 1. The molecule has 0 spiro atoms. The van der Waals surface area contributed by atoms with Crippen LogP contribution in [0.3, 0.4) is 0 Å². The average Bonchev–Trinajstić information content (AvgIpc) is 3.27. The molecule has 1 saturated heterocycles. The van der Waals surface area contributed by atoms with E-state index in [0.29, 0.717) is 0 Å². The highest BCUT2D eigenvalue weighted by Gasteiger charge is 2.39. The van der Waals surface area contributed by atoms with Crippen LogP contribution in [0.1, 0.15) is 30.9 Å². The molecular weight excluding hydrogens is 262 g/mol. The Kier molecular flexibility index (Phi) is 4.00. The molecule has 2 aliphatic rings. The number of rotatable bonds is 4. The standard InChI is InChI=1S/C17H25N3O/c1-13(16(21)20-9-7-19-8-10-20)11-14-3-2-4-15(12-14)17(18)5-6-17/h2-4,12-13,19H,5-11,18H2,1H3. The number of carbonyl (C=O) groups excluding carboxylic acids is 1. The number of benzene rings is 1. The highest BCUT2D eigenvalue weighted by atomic mass is 16.2. The normalized spacial score (nSPS) is 21.9. The molecule has 1 unspecified atom stereocenters. The molecule has 0 radical (unpaired) electrons. The maximum absolute atomic E-state index is 12.5. The van der Waals surface area contributed by atoms with Crippen molar-refractivity contribution in [2.24, 2.45) is 11.7 Å². The molecule has 114 valence electrons. The van der Waals surface area contributed by atoms with E-state index in [-0.39, 0.29) is 17.4 Å². The van der Waals surface area contributed by atoms with Gasteiger partial charge in [0.15, 0.2) is 0 Å². The zero-order valence-electron chi connectivity index (χ0n) is 12.8. The van der Waals surface area contributed by atoms with Crippen molar-refractivity contribution in [3.05, 3.63) is 35.4 Å². The van der Waals surface area contributed by atoms with Gasteiger partial charge < -0.3 is 16.0 Å². The van der Waals surface area contributed by atoms with Crippen LogP contribution in [0, 0.1) is 5.92 Å². The van der Waals surface area contributed by atoms with E-state index in [9.17, 15) is 4.79 Å². The summed E-state index contributed by atoms with van der Waals surface area (Å²) < 4.78 is 0. The summed E-state index contributed by atoms with van der Waals surface area (Å²) >= 11 is 0. The molecule has 1 heterocycles.